The van der Waals surface area contributed by atoms with Gasteiger partial charge in [0.25, 0.3) is 0 Å². The van der Waals surface area contributed by atoms with E-state index < -0.39 is 23.6 Å². The van der Waals surface area contributed by atoms with Crippen LogP contribution in [0.2, 0.25) is 5.02 Å². The molecule has 1 heterocycles. The number of nitrogens with zero attached hydrogens (tertiary/aromatic N) is 1. The summed E-state index contributed by atoms with van der Waals surface area (Å²) in [4.78, 5) is 23.5. The van der Waals surface area contributed by atoms with Crippen molar-refractivity contribution in [3.8, 4) is 0 Å². The minimum atomic E-state index is -1.05. The van der Waals surface area contributed by atoms with Crippen molar-refractivity contribution in [2.45, 2.75) is 6.42 Å². The Hall–Kier alpha value is -1.62. The minimum absolute atomic E-state index is 0.0224. The fourth-order valence-corrected chi connectivity index (χ4v) is 1.98. The normalized spacial score (nSPS) is 19.8. The highest BCUT2D eigenvalue weighted by atomic mass is 35.5. The zero-order valence-electron chi connectivity index (χ0n) is 8.69. The van der Waals surface area contributed by atoms with Crippen LogP contribution in [0.5, 0.6) is 0 Å². The van der Waals surface area contributed by atoms with Gasteiger partial charge in [-0.05, 0) is 12.1 Å². The van der Waals surface area contributed by atoms with E-state index >= 15 is 0 Å². The monoisotopic (exact) mass is 257 g/mol. The molecule has 0 radical (unpaired) electrons. The van der Waals surface area contributed by atoms with E-state index in [-0.39, 0.29) is 23.7 Å². The predicted molar refractivity (Wildman–Crippen MR) is 59.5 cm³/mol. The number of hydrogen-bond acceptors (Lipinski definition) is 2. The molecule has 0 bridgehead atoms. The molecule has 1 aromatic carbocycles. The molecule has 17 heavy (non-hydrogen) atoms. The van der Waals surface area contributed by atoms with Crippen molar-refractivity contribution in [2.75, 3.05) is 11.4 Å². The summed E-state index contributed by atoms with van der Waals surface area (Å²) < 4.78 is 13.7. The van der Waals surface area contributed by atoms with Crippen LogP contribution in [0.25, 0.3) is 0 Å². The lowest BCUT2D eigenvalue weighted by Gasteiger charge is -2.17. The van der Waals surface area contributed by atoms with E-state index in [2.05, 4.69) is 0 Å². The third-order valence-electron chi connectivity index (χ3n) is 2.70. The van der Waals surface area contributed by atoms with Crippen molar-refractivity contribution < 1.29 is 19.1 Å². The predicted octanol–water partition coefficient (Wildman–Crippen LogP) is 1.92. The van der Waals surface area contributed by atoms with Crippen molar-refractivity contribution in [1.82, 2.24) is 0 Å². The van der Waals surface area contributed by atoms with Gasteiger partial charge < -0.3 is 10.0 Å². The Balaban J connectivity index is 2.32. The van der Waals surface area contributed by atoms with Crippen LogP contribution < -0.4 is 4.90 Å². The number of carbonyl (C=O) groups is 2. The number of benzene rings is 1. The molecule has 0 unspecified atom stereocenters. The van der Waals surface area contributed by atoms with E-state index in [1.165, 1.54) is 18.2 Å². The number of hydrogen-bond donors (Lipinski definition) is 1. The molecule has 1 saturated heterocycles. The van der Waals surface area contributed by atoms with E-state index in [1.807, 2.05) is 0 Å². The second-order valence-electron chi connectivity index (χ2n) is 3.82. The summed E-state index contributed by atoms with van der Waals surface area (Å²) in [6.45, 7) is -0.0224. The zero-order chi connectivity index (χ0) is 12.6. The number of rotatable bonds is 2. The van der Waals surface area contributed by atoms with Crippen molar-refractivity contribution in [2.24, 2.45) is 5.92 Å². The van der Waals surface area contributed by atoms with Crippen molar-refractivity contribution in [3.05, 3.63) is 29.0 Å². The topological polar surface area (TPSA) is 57.6 Å². The van der Waals surface area contributed by atoms with Gasteiger partial charge >= 0.3 is 5.97 Å². The van der Waals surface area contributed by atoms with Crippen LogP contribution in [0, 0.1) is 11.7 Å². The van der Waals surface area contributed by atoms with Gasteiger partial charge in [0, 0.05) is 13.0 Å². The summed E-state index contributed by atoms with van der Waals surface area (Å²) in [5.41, 5.74) is 0.0336. The number of carbonyl (C=O) groups excluding carboxylic acids is 1. The van der Waals surface area contributed by atoms with E-state index in [0.717, 1.165) is 4.90 Å². The Morgan fingerprint density at radius 3 is 2.82 bits per heavy atom. The molecule has 1 aromatic rings. The smallest absolute Gasteiger partial charge is 0.308 e. The highest BCUT2D eigenvalue weighted by Gasteiger charge is 2.36. The van der Waals surface area contributed by atoms with Gasteiger partial charge in [-0.2, -0.15) is 0 Å². The summed E-state index contributed by atoms with van der Waals surface area (Å²) in [5.74, 6) is -2.95. The lowest BCUT2D eigenvalue weighted by molar-refractivity contribution is -0.141. The summed E-state index contributed by atoms with van der Waals surface area (Å²) in [7, 11) is 0. The lowest BCUT2D eigenvalue weighted by Crippen LogP contribution is -2.26. The Morgan fingerprint density at radius 1 is 1.53 bits per heavy atom. The number of amides is 1. The Morgan fingerprint density at radius 2 is 2.24 bits per heavy atom. The van der Waals surface area contributed by atoms with Gasteiger partial charge in [-0.3, -0.25) is 9.59 Å². The number of aliphatic carboxylic acids is 1. The van der Waals surface area contributed by atoms with Gasteiger partial charge in [-0.25, -0.2) is 4.39 Å². The van der Waals surface area contributed by atoms with Gasteiger partial charge in [0.2, 0.25) is 5.91 Å². The van der Waals surface area contributed by atoms with E-state index in [9.17, 15) is 14.0 Å². The maximum Gasteiger partial charge on any atom is 0.308 e. The van der Waals surface area contributed by atoms with Gasteiger partial charge in [0.05, 0.1) is 16.6 Å². The second kappa shape index (κ2) is 4.33. The molecule has 6 heteroatoms. The molecule has 0 aliphatic carbocycles. The van der Waals surface area contributed by atoms with E-state index in [0.29, 0.717) is 0 Å². The third kappa shape index (κ3) is 2.10. The number of carboxylic acids is 1. The lowest BCUT2D eigenvalue weighted by atomic mass is 10.1. The van der Waals surface area contributed by atoms with Gasteiger partial charge in [-0.1, -0.05) is 17.7 Å². The molecular weight excluding hydrogens is 249 g/mol. The molecule has 90 valence electrons. The van der Waals surface area contributed by atoms with E-state index in [1.54, 1.807) is 0 Å². The first kappa shape index (κ1) is 11.9. The molecule has 1 aliphatic rings. The van der Waals surface area contributed by atoms with Crippen molar-refractivity contribution >= 4 is 29.2 Å². The number of anilines is 1. The quantitative estimate of drug-likeness (QED) is 0.881. The molecule has 0 saturated carbocycles. The fourth-order valence-electron chi connectivity index (χ4n) is 1.81. The Kier molecular flexibility index (Phi) is 3.02. The largest absolute Gasteiger partial charge is 0.481 e. The highest BCUT2D eigenvalue weighted by molar-refractivity contribution is 6.31. The summed E-state index contributed by atoms with van der Waals surface area (Å²) in [6.07, 6.45) is -0.110. The minimum Gasteiger partial charge on any atom is -0.481 e. The Bertz CT molecular complexity index is 492. The van der Waals surface area contributed by atoms with Crippen LogP contribution in [-0.2, 0) is 9.59 Å². The zero-order valence-corrected chi connectivity index (χ0v) is 9.45. The maximum absolute atomic E-state index is 13.7. The Labute approximate surface area is 102 Å². The van der Waals surface area contributed by atoms with Crippen LogP contribution in [0.1, 0.15) is 6.42 Å². The first-order valence-electron chi connectivity index (χ1n) is 4.98. The average Bonchev–Trinajstić information content (AvgIpc) is 2.65. The first-order valence-corrected chi connectivity index (χ1v) is 5.35. The summed E-state index contributed by atoms with van der Waals surface area (Å²) >= 11 is 5.61. The molecule has 1 aliphatic heterocycles. The fraction of sp³-hybridized carbons (Fsp3) is 0.273. The van der Waals surface area contributed by atoms with Gasteiger partial charge in [0.15, 0.2) is 5.82 Å². The molecule has 2 rings (SSSR count). The third-order valence-corrected chi connectivity index (χ3v) is 2.99. The van der Waals surface area contributed by atoms with E-state index in [4.69, 9.17) is 16.7 Å². The first-order chi connectivity index (χ1) is 8.00. The van der Waals surface area contributed by atoms with Gasteiger partial charge in [-0.15, -0.1) is 0 Å². The molecule has 0 spiro atoms. The maximum atomic E-state index is 13.7. The standard InChI is InChI=1S/C11H9ClFNO3/c12-7-2-1-3-8(10(7)13)14-5-6(11(16)17)4-9(14)15/h1-3,6H,4-5H2,(H,16,17)/t6-/m0/s1. The molecule has 0 aromatic heterocycles. The molecule has 4 nitrogen and oxygen atoms in total. The van der Waals surface area contributed by atoms with Crippen molar-refractivity contribution in [1.29, 1.82) is 0 Å². The van der Waals surface area contributed by atoms with Crippen LogP contribution in [0.4, 0.5) is 10.1 Å². The second-order valence-corrected chi connectivity index (χ2v) is 4.22. The molecular formula is C11H9ClFNO3. The van der Waals surface area contributed by atoms with Crippen LogP contribution >= 0.6 is 11.6 Å². The van der Waals surface area contributed by atoms with Crippen LogP contribution in [-0.4, -0.2) is 23.5 Å². The average molecular weight is 258 g/mol. The number of halogens is 2. The molecule has 1 N–H and O–H groups in total. The number of carboxylic acid groups (broad SMARTS) is 1. The molecule has 1 fully saturated rings. The molecule has 1 atom stereocenters. The van der Waals surface area contributed by atoms with Crippen LogP contribution in [0.15, 0.2) is 18.2 Å². The van der Waals surface area contributed by atoms with Crippen molar-refractivity contribution in [3.63, 3.8) is 0 Å². The summed E-state index contributed by atoms with van der Waals surface area (Å²) in [6, 6.07) is 4.29. The highest BCUT2D eigenvalue weighted by Crippen LogP contribution is 2.30. The summed E-state index contributed by atoms with van der Waals surface area (Å²) in [5, 5.41) is 8.73. The van der Waals surface area contributed by atoms with Crippen LogP contribution in [0.3, 0.4) is 0 Å². The van der Waals surface area contributed by atoms with Gasteiger partial charge in [0.1, 0.15) is 0 Å². The SMILES string of the molecule is O=C(O)[C@H]1CC(=O)N(c2cccc(Cl)c2F)C1. The molecule has 1 amide bonds.